The molecule has 0 radical (unpaired) electrons. The number of hydrazone groups is 1. The van der Waals surface area contributed by atoms with Gasteiger partial charge < -0.3 is 4.90 Å². The number of piperazine rings is 1. The van der Waals surface area contributed by atoms with Crippen LogP contribution >= 0.6 is 11.6 Å². The van der Waals surface area contributed by atoms with Gasteiger partial charge >= 0.3 is 0 Å². The predicted octanol–water partition coefficient (Wildman–Crippen LogP) is 3.57. The van der Waals surface area contributed by atoms with Crippen LogP contribution < -0.4 is 0 Å². The summed E-state index contributed by atoms with van der Waals surface area (Å²) in [5, 5.41) is 7.11. The summed E-state index contributed by atoms with van der Waals surface area (Å²) < 4.78 is 0. The van der Waals surface area contributed by atoms with E-state index in [1.54, 1.807) is 5.01 Å². The van der Waals surface area contributed by atoms with Crippen LogP contribution in [0.25, 0.3) is 0 Å². The Hall–Kier alpha value is -2.21. The van der Waals surface area contributed by atoms with Crippen molar-refractivity contribution >= 4 is 23.2 Å². The first-order valence-electron chi connectivity index (χ1n) is 10.1. The quantitative estimate of drug-likeness (QED) is 0.773. The van der Waals surface area contributed by atoms with Crippen LogP contribution in [-0.2, 0) is 4.79 Å². The second-order valence-electron chi connectivity index (χ2n) is 7.97. The Kier molecular flexibility index (Phi) is 5.99. The highest BCUT2D eigenvalue weighted by atomic mass is 35.5. The minimum absolute atomic E-state index is 0.0437. The van der Waals surface area contributed by atoms with Gasteiger partial charge in [0, 0.05) is 43.2 Å². The molecule has 0 unspecified atom stereocenters. The van der Waals surface area contributed by atoms with Crippen molar-refractivity contribution in [2.24, 2.45) is 5.10 Å². The average molecular weight is 411 g/mol. The maximum Gasteiger partial charge on any atom is 0.257 e. The van der Waals surface area contributed by atoms with Gasteiger partial charge in [-0.2, -0.15) is 5.10 Å². The van der Waals surface area contributed by atoms with E-state index in [9.17, 15) is 4.79 Å². The molecule has 1 fully saturated rings. The van der Waals surface area contributed by atoms with Crippen molar-refractivity contribution in [3.05, 3.63) is 70.2 Å². The molecule has 1 amide bonds. The van der Waals surface area contributed by atoms with E-state index in [2.05, 4.69) is 48.0 Å². The number of rotatable bonds is 4. The second kappa shape index (κ2) is 8.66. The van der Waals surface area contributed by atoms with Crippen molar-refractivity contribution < 1.29 is 4.79 Å². The van der Waals surface area contributed by atoms with Crippen LogP contribution in [0.5, 0.6) is 0 Å². The first-order valence-corrected chi connectivity index (χ1v) is 10.5. The van der Waals surface area contributed by atoms with Gasteiger partial charge in [0.05, 0.1) is 18.3 Å². The Morgan fingerprint density at radius 3 is 2.45 bits per heavy atom. The third-order valence-electron chi connectivity index (χ3n) is 5.77. The molecule has 6 heteroatoms. The van der Waals surface area contributed by atoms with Crippen LogP contribution in [0.15, 0.2) is 53.6 Å². The smallest absolute Gasteiger partial charge is 0.257 e. The third-order valence-corrected chi connectivity index (χ3v) is 6.10. The fourth-order valence-electron chi connectivity index (χ4n) is 3.92. The third kappa shape index (κ3) is 4.53. The number of aryl methyl sites for hydroxylation is 1. The summed E-state index contributed by atoms with van der Waals surface area (Å²) in [5.41, 5.74) is 4.08. The molecule has 2 aromatic carbocycles. The monoisotopic (exact) mass is 410 g/mol. The Balaban J connectivity index is 1.59. The molecule has 0 bridgehead atoms. The van der Waals surface area contributed by atoms with Crippen molar-refractivity contribution in [3.8, 4) is 0 Å². The SMILES string of the molecule is Cc1ccc([C@@H]2CC(c3ccccc3Cl)=NN2C(=O)CN2CCN(C)CC2)cc1. The highest BCUT2D eigenvalue weighted by Gasteiger charge is 2.34. The number of hydrogen-bond donors (Lipinski definition) is 0. The summed E-state index contributed by atoms with van der Waals surface area (Å²) in [7, 11) is 2.12. The summed E-state index contributed by atoms with van der Waals surface area (Å²) in [6.07, 6.45) is 0.668. The van der Waals surface area contributed by atoms with E-state index in [1.807, 2.05) is 24.3 Å². The normalized spacial score (nSPS) is 20.7. The number of amides is 1. The van der Waals surface area contributed by atoms with Crippen molar-refractivity contribution in [2.75, 3.05) is 39.8 Å². The van der Waals surface area contributed by atoms with Gasteiger partial charge in [-0.25, -0.2) is 5.01 Å². The summed E-state index contributed by atoms with van der Waals surface area (Å²) >= 11 is 6.42. The lowest BCUT2D eigenvalue weighted by Gasteiger charge is -2.33. The number of halogens is 1. The zero-order valence-corrected chi connectivity index (χ0v) is 17.8. The van der Waals surface area contributed by atoms with Gasteiger partial charge in [-0.1, -0.05) is 59.6 Å². The summed E-state index contributed by atoms with van der Waals surface area (Å²) in [6, 6.07) is 16.0. The van der Waals surface area contributed by atoms with Gasteiger partial charge in [-0.05, 0) is 25.6 Å². The van der Waals surface area contributed by atoms with Gasteiger partial charge in [-0.15, -0.1) is 0 Å². The molecule has 0 aliphatic carbocycles. The van der Waals surface area contributed by atoms with Gasteiger partial charge in [0.1, 0.15) is 0 Å². The van der Waals surface area contributed by atoms with E-state index in [0.717, 1.165) is 43.0 Å². The molecular weight excluding hydrogens is 384 g/mol. The highest BCUT2D eigenvalue weighted by molar-refractivity contribution is 6.34. The number of carbonyl (C=O) groups excluding carboxylic acids is 1. The molecular formula is C23H27ClN4O. The van der Waals surface area contributed by atoms with E-state index in [-0.39, 0.29) is 11.9 Å². The first kappa shape index (κ1) is 20.1. The molecule has 2 aliphatic heterocycles. The maximum atomic E-state index is 13.2. The lowest BCUT2D eigenvalue weighted by Crippen LogP contribution is -2.48. The molecule has 0 spiro atoms. The lowest BCUT2D eigenvalue weighted by molar-refractivity contribution is -0.134. The van der Waals surface area contributed by atoms with Crippen molar-refractivity contribution in [1.82, 2.24) is 14.8 Å². The van der Waals surface area contributed by atoms with Crippen LogP contribution in [-0.4, -0.2) is 66.2 Å². The minimum Gasteiger partial charge on any atom is -0.304 e. The number of carbonyl (C=O) groups is 1. The molecule has 5 nitrogen and oxygen atoms in total. The molecule has 29 heavy (non-hydrogen) atoms. The molecule has 2 aliphatic rings. The van der Waals surface area contributed by atoms with Crippen molar-refractivity contribution in [3.63, 3.8) is 0 Å². The zero-order valence-electron chi connectivity index (χ0n) is 17.0. The van der Waals surface area contributed by atoms with Crippen LogP contribution in [0, 0.1) is 6.92 Å². The van der Waals surface area contributed by atoms with Gasteiger partial charge in [0.25, 0.3) is 5.91 Å². The standard InChI is InChI=1S/C23H27ClN4O/c1-17-7-9-18(10-8-17)22-15-21(19-5-3-4-6-20(19)24)25-28(22)23(29)16-27-13-11-26(2)12-14-27/h3-10,22H,11-16H2,1-2H3/t22-/m0/s1. The predicted molar refractivity (Wildman–Crippen MR) is 117 cm³/mol. The number of hydrogen-bond acceptors (Lipinski definition) is 4. The Morgan fingerprint density at radius 2 is 1.76 bits per heavy atom. The fraction of sp³-hybridized carbons (Fsp3) is 0.391. The second-order valence-corrected chi connectivity index (χ2v) is 8.38. The van der Waals surface area contributed by atoms with E-state index < -0.39 is 0 Å². The molecule has 2 aromatic rings. The topological polar surface area (TPSA) is 39.2 Å². The molecule has 4 rings (SSSR count). The molecule has 1 atom stereocenters. The molecule has 0 aromatic heterocycles. The van der Waals surface area contributed by atoms with Crippen molar-refractivity contribution in [1.29, 1.82) is 0 Å². The van der Waals surface area contributed by atoms with Crippen LogP contribution in [0.4, 0.5) is 0 Å². The fourth-order valence-corrected chi connectivity index (χ4v) is 4.16. The first-order chi connectivity index (χ1) is 14.0. The van der Waals surface area contributed by atoms with Crippen LogP contribution in [0.2, 0.25) is 5.02 Å². The van der Waals surface area contributed by atoms with Gasteiger partial charge in [-0.3, -0.25) is 9.69 Å². The lowest BCUT2D eigenvalue weighted by atomic mass is 9.97. The van der Waals surface area contributed by atoms with E-state index >= 15 is 0 Å². The van der Waals surface area contributed by atoms with Gasteiger partial charge in [0.15, 0.2) is 0 Å². The largest absolute Gasteiger partial charge is 0.304 e. The maximum absolute atomic E-state index is 13.2. The van der Waals surface area contributed by atoms with Crippen LogP contribution in [0.1, 0.15) is 29.2 Å². The Bertz CT molecular complexity index is 903. The van der Waals surface area contributed by atoms with Crippen molar-refractivity contribution in [2.45, 2.75) is 19.4 Å². The minimum atomic E-state index is -0.0955. The molecule has 0 saturated carbocycles. The Morgan fingerprint density at radius 1 is 1.07 bits per heavy atom. The molecule has 2 heterocycles. The number of benzene rings is 2. The van der Waals surface area contributed by atoms with Gasteiger partial charge in [0.2, 0.25) is 0 Å². The average Bonchev–Trinajstić information content (AvgIpc) is 3.16. The van der Waals surface area contributed by atoms with E-state index in [1.165, 1.54) is 5.56 Å². The highest BCUT2D eigenvalue weighted by Crippen LogP contribution is 2.34. The van der Waals surface area contributed by atoms with Crippen LogP contribution in [0.3, 0.4) is 0 Å². The zero-order chi connectivity index (χ0) is 20.4. The molecule has 0 N–H and O–H groups in total. The van der Waals surface area contributed by atoms with E-state index in [0.29, 0.717) is 18.0 Å². The molecule has 152 valence electrons. The Labute approximate surface area is 177 Å². The van der Waals surface area contributed by atoms with E-state index in [4.69, 9.17) is 16.7 Å². The molecule has 1 saturated heterocycles. The summed E-state index contributed by atoms with van der Waals surface area (Å²) in [5.74, 6) is 0.0437. The summed E-state index contributed by atoms with van der Waals surface area (Å²) in [4.78, 5) is 17.7. The number of nitrogens with zero attached hydrogens (tertiary/aromatic N) is 4. The summed E-state index contributed by atoms with van der Waals surface area (Å²) in [6.45, 7) is 6.26. The number of likely N-dealkylation sites (N-methyl/N-ethyl adjacent to an activating group) is 1.